The van der Waals surface area contributed by atoms with Crippen molar-refractivity contribution in [1.29, 1.82) is 0 Å². The van der Waals surface area contributed by atoms with Gasteiger partial charge in [0.05, 0.1) is 6.61 Å². The summed E-state index contributed by atoms with van der Waals surface area (Å²) in [6, 6.07) is 0. The number of carbonyl (C=O) groups excluding carboxylic acids is 1. The Morgan fingerprint density at radius 3 is 1.64 bits per heavy atom. The lowest BCUT2D eigenvalue weighted by molar-refractivity contribution is -0.137. The third-order valence-corrected chi connectivity index (χ3v) is 5.40. The van der Waals surface area contributed by atoms with Crippen LogP contribution in [-0.4, -0.2) is 25.3 Å². The maximum absolute atomic E-state index is 11.3. The van der Waals surface area contributed by atoms with Crippen molar-refractivity contribution in [2.75, 3.05) is 13.2 Å². The van der Waals surface area contributed by atoms with Crippen molar-refractivity contribution in [1.82, 2.24) is 0 Å². The first-order chi connectivity index (χ1) is 13.8. The molecule has 0 aromatic carbocycles. The average Bonchev–Trinajstić information content (AvgIpc) is 3.52. The van der Waals surface area contributed by atoms with E-state index in [0.717, 1.165) is 12.8 Å². The highest BCUT2D eigenvalue weighted by molar-refractivity contribution is 5.88. The minimum atomic E-state index is -0.414. The zero-order chi connectivity index (χ0) is 20.1. The van der Waals surface area contributed by atoms with E-state index in [2.05, 4.69) is 18.8 Å². The Kier molecular flexibility index (Phi) is 17.3. The maximum atomic E-state index is 11.3. The highest BCUT2D eigenvalue weighted by Crippen LogP contribution is 2.14. The third-order valence-electron chi connectivity index (χ3n) is 5.40. The molecule has 1 aliphatic heterocycles. The zero-order valence-corrected chi connectivity index (χ0v) is 18.4. The van der Waals surface area contributed by atoms with Gasteiger partial charge in [-0.1, -0.05) is 116 Å². The molecule has 0 aromatic heterocycles. The summed E-state index contributed by atoms with van der Waals surface area (Å²) in [5.41, 5.74) is 0. The molecule has 1 rings (SSSR count). The highest BCUT2D eigenvalue weighted by atomic mass is 16.6. The first kappa shape index (κ1) is 25.0. The SMILES string of the molecule is CCCCCCCCCCCCCCCCCCCC#CC(=O)OCC1CO1. The van der Waals surface area contributed by atoms with E-state index >= 15 is 0 Å². The second kappa shape index (κ2) is 19.3. The molecular weight excluding hydrogens is 348 g/mol. The van der Waals surface area contributed by atoms with Crippen molar-refractivity contribution in [3.8, 4) is 11.8 Å². The number of rotatable bonds is 19. The Morgan fingerprint density at radius 2 is 1.21 bits per heavy atom. The van der Waals surface area contributed by atoms with Gasteiger partial charge in [0, 0.05) is 12.3 Å². The van der Waals surface area contributed by atoms with Crippen LogP contribution in [0.4, 0.5) is 0 Å². The van der Waals surface area contributed by atoms with Crippen LogP contribution in [0.5, 0.6) is 0 Å². The smallest absolute Gasteiger partial charge is 0.384 e. The van der Waals surface area contributed by atoms with Crippen molar-refractivity contribution in [3.63, 3.8) is 0 Å². The number of carbonyl (C=O) groups is 1. The minimum absolute atomic E-state index is 0.121. The number of hydrogen-bond acceptors (Lipinski definition) is 3. The van der Waals surface area contributed by atoms with Gasteiger partial charge in [0.25, 0.3) is 0 Å². The lowest BCUT2D eigenvalue weighted by Crippen LogP contribution is -2.07. The van der Waals surface area contributed by atoms with Crippen molar-refractivity contribution < 1.29 is 14.3 Å². The molecule has 1 atom stereocenters. The normalized spacial score (nSPS) is 15.1. The van der Waals surface area contributed by atoms with Gasteiger partial charge in [-0.15, -0.1) is 0 Å². The zero-order valence-electron chi connectivity index (χ0n) is 18.4. The first-order valence-electron chi connectivity index (χ1n) is 12.1. The van der Waals surface area contributed by atoms with Gasteiger partial charge < -0.3 is 9.47 Å². The van der Waals surface area contributed by atoms with E-state index in [1.165, 1.54) is 103 Å². The Hall–Kier alpha value is -1.01. The van der Waals surface area contributed by atoms with Gasteiger partial charge in [0.2, 0.25) is 0 Å². The molecule has 0 bridgehead atoms. The molecule has 0 aromatic rings. The van der Waals surface area contributed by atoms with Crippen LogP contribution in [0.1, 0.15) is 122 Å². The van der Waals surface area contributed by atoms with Crippen LogP contribution >= 0.6 is 0 Å². The molecule has 0 N–H and O–H groups in total. The van der Waals surface area contributed by atoms with Gasteiger partial charge in [-0.2, -0.15) is 0 Å². The van der Waals surface area contributed by atoms with Crippen LogP contribution in [0.15, 0.2) is 0 Å². The number of unbranched alkanes of at least 4 members (excludes halogenated alkanes) is 17. The van der Waals surface area contributed by atoms with E-state index in [9.17, 15) is 4.79 Å². The van der Waals surface area contributed by atoms with Crippen LogP contribution in [0.3, 0.4) is 0 Å². The van der Waals surface area contributed by atoms with Gasteiger partial charge in [-0.05, 0) is 6.42 Å². The fourth-order valence-electron chi connectivity index (χ4n) is 3.44. The van der Waals surface area contributed by atoms with Crippen LogP contribution in [0.2, 0.25) is 0 Å². The van der Waals surface area contributed by atoms with E-state index < -0.39 is 5.97 Å². The Labute approximate surface area is 174 Å². The predicted molar refractivity (Wildman–Crippen MR) is 117 cm³/mol. The Morgan fingerprint density at radius 1 is 0.786 bits per heavy atom. The summed E-state index contributed by atoms with van der Waals surface area (Å²) >= 11 is 0. The molecule has 1 unspecified atom stereocenters. The number of ether oxygens (including phenoxy) is 2. The summed E-state index contributed by atoms with van der Waals surface area (Å²) in [5.74, 6) is 5.06. The molecule has 0 spiro atoms. The molecule has 1 fully saturated rings. The lowest BCUT2D eigenvalue weighted by Gasteiger charge is -2.03. The van der Waals surface area contributed by atoms with Crippen molar-refractivity contribution in [2.45, 2.75) is 129 Å². The molecule has 1 saturated heterocycles. The maximum Gasteiger partial charge on any atom is 0.384 e. The number of epoxide rings is 1. The number of esters is 1. The topological polar surface area (TPSA) is 38.8 Å². The summed E-state index contributed by atoms with van der Waals surface area (Å²) in [6.45, 7) is 3.35. The quantitative estimate of drug-likeness (QED) is 0.0783. The van der Waals surface area contributed by atoms with Gasteiger partial charge in [-0.3, -0.25) is 0 Å². The van der Waals surface area contributed by atoms with Gasteiger partial charge in [0.1, 0.15) is 12.7 Å². The molecular formula is C25H44O3. The molecule has 28 heavy (non-hydrogen) atoms. The van der Waals surface area contributed by atoms with Crippen molar-refractivity contribution in [3.05, 3.63) is 0 Å². The molecule has 0 saturated carbocycles. The first-order valence-corrected chi connectivity index (χ1v) is 12.1. The summed E-state index contributed by atoms with van der Waals surface area (Å²) in [6.07, 6.45) is 24.3. The van der Waals surface area contributed by atoms with E-state index in [4.69, 9.17) is 9.47 Å². The van der Waals surface area contributed by atoms with Crippen molar-refractivity contribution >= 4 is 5.97 Å². The lowest BCUT2D eigenvalue weighted by atomic mass is 10.0. The standard InChI is InChI=1S/C25H44O3/c1-2-3-4-5-6-7-8-9-10-11-12-13-14-15-16-17-18-19-20-21-25(26)28-23-24-22-27-24/h24H,2-19,22-23H2,1H3. The minimum Gasteiger partial charge on any atom is -0.453 e. The number of hydrogen-bond donors (Lipinski definition) is 0. The van der Waals surface area contributed by atoms with Gasteiger partial charge in [0.15, 0.2) is 0 Å². The molecule has 0 aliphatic carbocycles. The van der Waals surface area contributed by atoms with Crippen LogP contribution in [-0.2, 0) is 14.3 Å². The van der Waals surface area contributed by atoms with E-state index in [1.807, 2.05) is 0 Å². The summed E-state index contributed by atoms with van der Waals surface area (Å²) in [4.78, 5) is 11.3. The summed E-state index contributed by atoms with van der Waals surface area (Å²) < 4.78 is 9.94. The summed E-state index contributed by atoms with van der Waals surface area (Å²) in [7, 11) is 0. The molecule has 162 valence electrons. The molecule has 1 heterocycles. The highest BCUT2D eigenvalue weighted by Gasteiger charge is 2.23. The van der Waals surface area contributed by atoms with Gasteiger partial charge in [-0.25, -0.2) is 4.79 Å². The largest absolute Gasteiger partial charge is 0.453 e. The average molecular weight is 393 g/mol. The van der Waals surface area contributed by atoms with Crippen LogP contribution in [0, 0.1) is 11.8 Å². The van der Waals surface area contributed by atoms with Crippen LogP contribution < -0.4 is 0 Å². The molecule has 0 amide bonds. The molecule has 3 nitrogen and oxygen atoms in total. The van der Waals surface area contributed by atoms with E-state index in [0.29, 0.717) is 13.2 Å². The molecule has 0 radical (unpaired) electrons. The molecule has 1 aliphatic rings. The fourth-order valence-corrected chi connectivity index (χ4v) is 3.44. The molecule has 3 heteroatoms. The Bertz CT molecular complexity index is 417. The fraction of sp³-hybridized carbons (Fsp3) is 0.880. The monoisotopic (exact) mass is 392 g/mol. The van der Waals surface area contributed by atoms with Crippen molar-refractivity contribution in [2.24, 2.45) is 0 Å². The van der Waals surface area contributed by atoms with E-state index in [1.54, 1.807) is 0 Å². The second-order valence-electron chi connectivity index (χ2n) is 8.26. The third kappa shape index (κ3) is 18.4. The summed E-state index contributed by atoms with van der Waals surface area (Å²) in [5, 5.41) is 0. The van der Waals surface area contributed by atoms with E-state index in [-0.39, 0.29) is 6.10 Å². The van der Waals surface area contributed by atoms with Gasteiger partial charge >= 0.3 is 5.97 Å². The Balaban J connectivity index is 1.69. The second-order valence-corrected chi connectivity index (χ2v) is 8.26. The predicted octanol–water partition coefficient (Wildman–Crippen LogP) is 6.97. The van der Waals surface area contributed by atoms with Crippen LogP contribution in [0.25, 0.3) is 0 Å².